The van der Waals surface area contributed by atoms with Gasteiger partial charge in [-0.1, -0.05) is 59.2 Å². The highest BCUT2D eigenvalue weighted by Crippen LogP contribution is 2.26. The number of imidazole rings is 1. The summed E-state index contributed by atoms with van der Waals surface area (Å²) in [5, 5.41) is 4.77. The zero-order valence-corrected chi connectivity index (χ0v) is 14.8. The Bertz CT molecular complexity index is 1230. The Hall–Kier alpha value is -3.44. The fourth-order valence-corrected chi connectivity index (χ4v) is 3.11. The van der Waals surface area contributed by atoms with Crippen molar-refractivity contribution in [2.45, 2.75) is 0 Å². The SMILES string of the molecule is Clc1ccc2nc(-c3ccc(-c4noc(-c5ccccc5)n4)cc3)[nH]c2c1. The maximum atomic E-state index is 6.04. The number of hydrogen-bond donors (Lipinski definition) is 1. The number of hydrogen-bond acceptors (Lipinski definition) is 4. The predicted molar refractivity (Wildman–Crippen MR) is 105 cm³/mol. The van der Waals surface area contributed by atoms with Crippen molar-refractivity contribution < 1.29 is 4.52 Å². The maximum Gasteiger partial charge on any atom is 0.258 e. The number of benzene rings is 3. The van der Waals surface area contributed by atoms with Crippen LogP contribution in [0.4, 0.5) is 0 Å². The third-order valence-corrected chi connectivity index (χ3v) is 4.54. The van der Waals surface area contributed by atoms with Crippen LogP contribution in [-0.4, -0.2) is 20.1 Å². The van der Waals surface area contributed by atoms with Crippen molar-refractivity contribution in [3.05, 3.63) is 77.8 Å². The minimum Gasteiger partial charge on any atom is -0.338 e. The van der Waals surface area contributed by atoms with Crippen molar-refractivity contribution in [2.75, 3.05) is 0 Å². The Kier molecular flexibility index (Phi) is 3.73. The summed E-state index contributed by atoms with van der Waals surface area (Å²) in [5.74, 6) is 1.84. The first-order valence-corrected chi connectivity index (χ1v) is 8.79. The molecule has 5 rings (SSSR count). The van der Waals surface area contributed by atoms with E-state index in [2.05, 4.69) is 20.1 Å². The van der Waals surface area contributed by atoms with Crippen LogP contribution in [-0.2, 0) is 0 Å². The molecule has 0 fully saturated rings. The van der Waals surface area contributed by atoms with Crippen LogP contribution in [0.5, 0.6) is 0 Å². The zero-order chi connectivity index (χ0) is 18.2. The maximum absolute atomic E-state index is 6.04. The number of nitrogens with one attached hydrogen (secondary N) is 1. The number of aromatic amines is 1. The van der Waals surface area contributed by atoms with Crippen LogP contribution in [0.2, 0.25) is 5.02 Å². The summed E-state index contributed by atoms with van der Waals surface area (Å²) >= 11 is 6.04. The van der Waals surface area contributed by atoms with E-state index >= 15 is 0 Å². The van der Waals surface area contributed by atoms with Crippen LogP contribution in [0.15, 0.2) is 77.3 Å². The largest absolute Gasteiger partial charge is 0.338 e. The molecule has 0 aliphatic carbocycles. The molecule has 0 radical (unpaired) electrons. The fraction of sp³-hybridized carbons (Fsp3) is 0. The average Bonchev–Trinajstić information content (AvgIpc) is 3.36. The van der Waals surface area contributed by atoms with Crippen molar-refractivity contribution in [1.29, 1.82) is 0 Å². The molecule has 0 unspecified atom stereocenters. The van der Waals surface area contributed by atoms with Gasteiger partial charge in [-0.05, 0) is 30.3 Å². The van der Waals surface area contributed by atoms with E-state index in [-0.39, 0.29) is 0 Å². The standard InChI is InChI=1S/C21H13ClN4O/c22-16-10-11-17-18(12-16)24-19(23-17)13-6-8-14(9-7-13)20-25-21(27-26-20)15-4-2-1-3-5-15/h1-12H,(H,23,24). The molecule has 0 atom stereocenters. The highest BCUT2D eigenvalue weighted by Gasteiger charge is 2.11. The smallest absolute Gasteiger partial charge is 0.258 e. The third-order valence-electron chi connectivity index (χ3n) is 4.31. The first kappa shape index (κ1) is 15.8. The van der Waals surface area contributed by atoms with E-state index in [9.17, 15) is 0 Å². The van der Waals surface area contributed by atoms with Gasteiger partial charge in [0.1, 0.15) is 5.82 Å². The van der Waals surface area contributed by atoms with Crippen LogP contribution < -0.4 is 0 Å². The van der Waals surface area contributed by atoms with Crippen LogP contribution in [0, 0.1) is 0 Å². The number of H-pyrrole nitrogens is 1. The zero-order valence-electron chi connectivity index (χ0n) is 14.1. The lowest BCUT2D eigenvalue weighted by atomic mass is 10.1. The summed E-state index contributed by atoms with van der Waals surface area (Å²) in [6, 6.07) is 23.2. The Morgan fingerprint density at radius 2 is 1.56 bits per heavy atom. The van der Waals surface area contributed by atoms with E-state index in [1.54, 1.807) is 0 Å². The van der Waals surface area contributed by atoms with E-state index in [1.807, 2.05) is 72.8 Å². The van der Waals surface area contributed by atoms with Crippen molar-refractivity contribution in [3.63, 3.8) is 0 Å². The molecule has 0 aliphatic heterocycles. The van der Waals surface area contributed by atoms with Crippen LogP contribution in [0.25, 0.3) is 45.3 Å². The van der Waals surface area contributed by atoms with Crippen LogP contribution in [0.3, 0.4) is 0 Å². The predicted octanol–water partition coefficient (Wildman–Crippen LogP) is 5.60. The second kappa shape index (κ2) is 6.37. The molecule has 27 heavy (non-hydrogen) atoms. The molecule has 0 saturated heterocycles. The molecule has 130 valence electrons. The van der Waals surface area contributed by atoms with E-state index in [4.69, 9.17) is 16.1 Å². The van der Waals surface area contributed by atoms with Gasteiger partial charge in [-0.3, -0.25) is 0 Å². The average molecular weight is 373 g/mol. The van der Waals surface area contributed by atoms with Crippen LogP contribution >= 0.6 is 11.6 Å². The van der Waals surface area contributed by atoms with Gasteiger partial charge in [0.15, 0.2) is 0 Å². The van der Waals surface area contributed by atoms with Gasteiger partial charge in [-0.15, -0.1) is 0 Å². The normalized spacial score (nSPS) is 11.1. The lowest BCUT2D eigenvalue weighted by molar-refractivity contribution is 0.432. The molecular weight excluding hydrogens is 360 g/mol. The molecule has 1 N–H and O–H groups in total. The lowest BCUT2D eigenvalue weighted by Crippen LogP contribution is -1.84. The fourth-order valence-electron chi connectivity index (χ4n) is 2.93. The van der Waals surface area contributed by atoms with Gasteiger partial charge in [-0.2, -0.15) is 4.98 Å². The summed E-state index contributed by atoms with van der Waals surface area (Å²) in [4.78, 5) is 12.4. The Balaban J connectivity index is 1.45. The van der Waals surface area contributed by atoms with Gasteiger partial charge >= 0.3 is 0 Å². The number of fused-ring (bicyclic) bond motifs is 1. The first-order chi connectivity index (χ1) is 13.3. The summed E-state index contributed by atoms with van der Waals surface area (Å²) in [5.41, 5.74) is 4.53. The van der Waals surface area contributed by atoms with Gasteiger partial charge in [-0.25, -0.2) is 4.98 Å². The Morgan fingerprint density at radius 1 is 0.778 bits per heavy atom. The van der Waals surface area contributed by atoms with Gasteiger partial charge in [0.25, 0.3) is 5.89 Å². The molecule has 5 aromatic rings. The van der Waals surface area contributed by atoms with Crippen molar-refractivity contribution in [1.82, 2.24) is 20.1 Å². The van der Waals surface area contributed by atoms with E-state index in [0.29, 0.717) is 16.7 Å². The quantitative estimate of drug-likeness (QED) is 0.447. The topological polar surface area (TPSA) is 67.6 Å². The highest BCUT2D eigenvalue weighted by atomic mass is 35.5. The van der Waals surface area contributed by atoms with Crippen molar-refractivity contribution >= 4 is 22.6 Å². The summed E-state index contributed by atoms with van der Waals surface area (Å²) < 4.78 is 5.38. The summed E-state index contributed by atoms with van der Waals surface area (Å²) in [6.07, 6.45) is 0. The molecule has 0 saturated carbocycles. The van der Waals surface area contributed by atoms with Gasteiger partial charge in [0, 0.05) is 21.7 Å². The second-order valence-corrected chi connectivity index (χ2v) is 6.55. The molecule has 0 spiro atoms. The third kappa shape index (κ3) is 2.98. The minimum atomic E-state index is 0.504. The lowest BCUT2D eigenvalue weighted by Gasteiger charge is -1.98. The summed E-state index contributed by atoms with van der Waals surface area (Å²) in [6.45, 7) is 0. The van der Waals surface area contributed by atoms with Gasteiger partial charge in [0.05, 0.1) is 11.0 Å². The Labute approximate surface area is 159 Å². The van der Waals surface area contributed by atoms with E-state index in [1.165, 1.54) is 0 Å². The van der Waals surface area contributed by atoms with Gasteiger partial charge in [0.2, 0.25) is 5.82 Å². The molecule has 5 nitrogen and oxygen atoms in total. The minimum absolute atomic E-state index is 0.504. The first-order valence-electron chi connectivity index (χ1n) is 8.41. The highest BCUT2D eigenvalue weighted by molar-refractivity contribution is 6.31. The molecule has 6 heteroatoms. The second-order valence-electron chi connectivity index (χ2n) is 6.11. The molecule has 0 aliphatic rings. The molecule has 0 bridgehead atoms. The number of rotatable bonds is 3. The molecular formula is C21H13ClN4O. The summed E-state index contributed by atoms with van der Waals surface area (Å²) in [7, 11) is 0. The molecule has 2 aromatic heterocycles. The van der Waals surface area contributed by atoms with E-state index < -0.39 is 0 Å². The van der Waals surface area contributed by atoms with Crippen LogP contribution in [0.1, 0.15) is 0 Å². The van der Waals surface area contributed by atoms with Crippen molar-refractivity contribution in [3.8, 4) is 34.2 Å². The molecule has 2 heterocycles. The van der Waals surface area contributed by atoms with Gasteiger partial charge < -0.3 is 9.51 Å². The van der Waals surface area contributed by atoms with E-state index in [0.717, 1.165) is 33.5 Å². The molecule has 3 aromatic carbocycles. The molecule has 0 amide bonds. The van der Waals surface area contributed by atoms with Crippen molar-refractivity contribution in [2.24, 2.45) is 0 Å². The number of nitrogens with zero attached hydrogens (tertiary/aromatic N) is 3. The number of halogens is 1. The monoisotopic (exact) mass is 372 g/mol. The Morgan fingerprint density at radius 3 is 2.37 bits per heavy atom. The number of aromatic nitrogens is 4.